The number of aryl methyl sites for hydroxylation is 1. The lowest BCUT2D eigenvalue weighted by molar-refractivity contribution is -0.908. The number of benzene rings is 2. The second kappa shape index (κ2) is 10.7. The second-order valence-corrected chi connectivity index (χ2v) is 7.29. The predicted octanol–water partition coefficient (Wildman–Crippen LogP) is 1.75. The molecule has 0 radical (unpaired) electrons. The van der Waals surface area contributed by atoms with Crippen LogP contribution in [0.2, 0.25) is 0 Å². The van der Waals surface area contributed by atoms with Gasteiger partial charge in [-0.25, -0.2) is 0 Å². The van der Waals surface area contributed by atoms with E-state index >= 15 is 0 Å². The molecule has 0 aliphatic carbocycles. The van der Waals surface area contributed by atoms with Gasteiger partial charge in [0.25, 0.3) is 5.91 Å². The van der Waals surface area contributed by atoms with Gasteiger partial charge in [0.15, 0.2) is 29.0 Å². The Morgan fingerprint density at radius 2 is 1.50 bits per heavy atom. The largest absolute Gasteiger partial charge is 0.493 e. The van der Waals surface area contributed by atoms with Crippen LogP contribution in [0.4, 0.5) is 0 Å². The van der Waals surface area contributed by atoms with Gasteiger partial charge in [0, 0.05) is 12.1 Å². The predicted molar refractivity (Wildman–Crippen MR) is 116 cm³/mol. The van der Waals surface area contributed by atoms with E-state index in [1.54, 1.807) is 28.4 Å². The number of hydrogen-bond donors (Lipinski definition) is 2. The topological polar surface area (TPSA) is 70.5 Å². The van der Waals surface area contributed by atoms with E-state index in [4.69, 9.17) is 18.9 Å². The Kier molecular flexibility index (Phi) is 8.35. The van der Waals surface area contributed by atoms with Crippen molar-refractivity contribution in [1.82, 2.24) is 5.32 Å². The van der Waals surface area contributed by atoms with Crippen LogP contribution in [0.25, 0.3) is 0 Å². The van der Waals surface area contributed by atoms with E-state index in [0.29, 0.717) is 36.1 Å². The molecule has 2 atom stereocenters. The molecule has 1 amide bonds. The smallest absolute Gasteiger partial charge is 0.278 e. The molecule has 2 aromatic carbocycles. The first-order chi connectivity index (χ1) is 14.3. The highest BCUT2D eigenvalue weighted by molar-refractivity contribution is 5.79. The number of hydrogen-bond acceptors (Lipinski definition) is 5. The summed E-state index contributed by atoms with van der Waals surface area (Å²) in [4.78, 5) is 13.8. The first-order valence-corrected chi connectivity index (χ1v) is 9.87. The van der Waals surface area contributed by atoms with Crippen molar-refractivity contribution in [2.75, 3.05) is 35.5 Å². The summed E-state index contributed by atoms with van der Waals surface area (Å²) < 4.78 is 21.3. The summed E-state index contributed by atoms with van der Waals surface area (Å²) in [6.07, 6.45) is 0. The number of likely N-dealkylation sites (N-methyl/N-ethyl adjacent to an activating group) is 1. The third-order valence-corrected chi connectivity index (χ3v) is 5.36. The van der Waals surface area contributed by atoms with Crippen LogP contribution in [0.15, 0.2) is 30.3 Å². The summed E-state index contributed by atoms with van der Waals surface area (Å²) >= 11 is 0. The maximum absolute atomic E-state index is 12.7. The van der Waals surface area contributed by atoms with Crippen LogP contribution in [-0.2, 0) is 17.9 Å². The highest BCUT2D eigenvalue weighted by Crippen LogP contribution is 2.30. The number of carbonyl (C=O) groups is 1. The monoisotopic (exact) mass is 417 g/mol. The molecule has 0 saturated carbocycles. The normalized spacial score (nSPS) is 12.6. The van der Waals surface area contributed by atoms with Crippen LogP contribution < -0.4 is 29.2 Å². The summed E-state index contributed by atoms with van der Waals surface area (Å²) in [6, 6.07) is 9.33. The van der Waals surface area contributed by atoms with E-state index in [1.165, 1.54) is 0 Å². The van der Waals surface area contributed by atoms with Gasteiger partial charge in [-0.2, -0.15) is 0 Å². The Labute approximate surface area is 178 Å². The van der Waals surface area contributed by atoms with Crippen molar-refractivity contribution in [2.24, 2.45) is 0 Å². The van der Waals surface area contributed by atoms with Gasteiger partial charge < -0.3 is 29.2 Å². The molecule has 0 aliphatic rings. The number of carbonyl (C=O) groups excluding carboxylic acids is 1. The molecule has 1 unspecified atom stereocenters. The molecule has 0 spiro atoms. The van der Waals surface area contributed by atoms with Crippen LogP contribution in [-0.4, -0.2) is 47.4 Å². The molecule has 2 rings (SSSR count). The number of ether oxygens (including phenoxy) is 4. The van der Waals surface area contributed by atoms with Gasteiger partial charge in [-0.05, 0) is 49.2 Å². The van der Waals surface area contributed by atoms with Crippen LogP contribution in [0.5, 0.6) is 23.0 Å². The Morgan fingerprint density at radius 1 is 0.933 bits per heavy atom. The van der Waals surface area contributed by atoms with Crippen molar-refractivity contribution in [3.63, 3.8) is 0 Å². The van der Waals surface area contributed by atoms with Crippen LogP contribution in [0, 0.1) is 6.92 Å². The van der Waals surface area contributed by atoms with Crippen molar-refractivity contribution in [1.29, 1.82) is 0 Å². The van der Waals surface area contributed by atoms with Crippen molar-refractivity contribution in [2.45, 2.75) is 33.0 Å². The molecule has 164 valence electrons. The Morgan fingerprint density at radius 3 is 2.10 bits per heavy atom. The standard InChI is InChI=1S/C23H32N2O5/c1-15-10-20(28-5)22(30-7)12-18(15)14-25(3)16(2)23(26)24-13-17-8-9-19(27-4)21(11-17)29-6/h8-12,16H,13-14H2,1-7H3,(H,24,26)/p+1/t16-/m1/s1. The maximum atomic E-state index is 12.7. The zero-order valence-electron chi connectivity index (χ0n) is 18.9. The van der Waals surface area contributed by atoms with E-state index in [-0.39, 0.29) is 11.9 Å². The van der Waals surface area contributed by atoms with Gasteiger partial charge in [0.05, 0.1) is 35.5 Å². The first-order valence-electron chi connectivity index (χ1n) is 9.87. The van der Waals surface area contributed by atoms with E-state index in [0.717, 1.165) is 21.6 Å². The first kappa shape index (κ1) is 23.3. The lowest BCUT2D eigenvalue weighted by Gasteiger charge is -2.22. The summed E-state index contributed by atoms with van der Waals surface area (Å²) in [5.74, 6) is 2.69. The molecule has 0 bridgehead atoms. The zero-order chi connectivity index (χ0) is 22.3. The Bertz CT molecular complexity index is 869. The molecule has 0 aromatic heterocycles. The van der Waals surface area contributed by atoms with Gasteiger partial charge in [-0.15, -0.1) is 0 Å². The van der Waals surface area contributed by atoms with Gasteiger partial charge in [-0.1, -0.05) is 6.07 Å². The summed E-state index contributed by atoms with van der Waals surface area (Å²) in [5.41, 5.74) is 3.16. The minimum Gasteiger partial charge on any atom is -0.493 e. The average Bonchev–Trinajstić information content (AvgIpc) is 2.77. The SMILES string of the molecule is COc1ccc(CNC(=O)[C@@H](C)[NH+](C)Cc2cc(OC)c(OC)cc2C)cc1OC. The fourth-order valence-electron chi connectivity index (χ4n) is 3.22. The number of methoxy groups -OCH3 is 4. The Hall–Kier alpha value is -2.93. The quantitative estimate of drug-likeness (QED) is 0.616. The van der Waals surface area contributed by atoms with E-state index in [2.05, 4.69) is 5.32 Å². The highest BCUT2D eigenvalue weighted by atomic mass is 16.5. The highest BCUT2D eigenvalue weighted by Gasteiger charge is 2.23. The van der Waals surface area contributed by atoms with Crippen LogP contribution in [0.1, 0.15) is 23.6 Å². The Balaban J connectivity index is 2.01. The van der Waals surface area contributed by atoms with E-state index in [1.807, 2.05) is 51.2 Å². The number of quaternary nitrogens is 1. The fraction of sp³-hybridized carbons (Fsp3) is 0.435. The maximum Gasteiger partial charge on any atom is 0.278 e. The van der Waals surface area contributed by atoms with Crippen molar-refractivity contribution in [3.05, 3.63) is 47.0 Å². The summed E-state index contributed by atoms with van der Waals surface area (Å²) in [5, 5.41) is 3.01. The molecular weight excluding hydrogens is 384 g/mol. The molecule has 0 heterocycles. The van der Waals surface area contributed by atoms with Crippen LogP contribution in [0.3, 0.4) is 0 Å². The van der Waals surface area contributed by atoms with E-state index in [9.17, 15) is 4.79 Å². The third kappa shape index (κ3) is 5.57. The van der Waals surface area contributed by atoms with Gasteiger partial charge in [0.1, 0.15) is 6.54 Å². The third-order valence-electron chi connectivity index (χ3n) is 5.36. The van der Waals surface area contributed by atoms with E-state index < -0.39 is 0 Å². The second-order valence-electron chi connectivity index (χ2n) is 7.29. The molecule has 2 aromatic rings. The molecule has 0 aliphatic heterocycles. The van der Waals surface area contributed by atoms with Crippen molar-refractivity contribution < 1.29 is 28.6 Å². The average molecular weight is 418 g/mol. The van der Waals surface area contributed by atoms with Gasteiger partial charge >= 0.3 is 0 Å². The molecule has 0 fully saturated rings. The zero-order valence-corrected chi connectivity index (χ0v) is 18.9. The van der Waals surface area contributed by atoms with Gasteiger partial charge in [-0.3, -0.25) is 4.79 Å². The molecule has 7 heteroatoms. The molecule has 30 heavy (non-hydrogen) atoms. The minimum absolute atomic E-state index is 0.0135. The summed E-state index contributed by atoms with van der Waals surface area (Å²) in [6.45, 7) is 5.07. The number of nitrogens with one attached hydrogen (secondary N) is 2. The van der Waals surface area contributed by atoms with Crippen molar-refractivity contribution >= 4 is 5.91 Å². The fourth-order valence-corrected chi connectivity index (χ4v) is 3.22. The molecule has 7 nitrogen and oxygen atoms in total. The molecule has 0 saturated heterocycles. The lowest BCUT2D eigenvalue weighted by atomic mass is 10.1. The molecule has 2 N–H and O–H groups in total. The molecular formula is C23H33N2O5+. The van der Waals surface area contributed by atoms with Crippen LogP contribution >= 0.6 is 0 Å². The number of rotatable bonds is 10. The van der Waals surface area contributed by atoms with Gasteiger partial charge in [0.2, 0.25) is 0 Å². The number of amides is 1. The minimum atomic E-state index is -0.224. The van der Waals surface area contributed by atoms with Crippen molar-refractivity contribution in [3.8, 4) is 23.0 Å². The lowest BCUT2D eigenvalue weighted by Crippen LogP contribution is -3.12. The summed E-state index contributed by atoms with van der Waals surface area (Å²) in [7, 11) is 8.45.